The van der Waals surface area contributed by atoms with E-state index in [2.05, 4.69) is 26.7 Å². The average Bonchev–Trinajstić information content (AvgIpc) is 2.86. The number of aromatic nitrogens is 2. The Morgan fingerprint density at radius 2 is 1.85 bits per heavy atom. The van der Waals surface area contributed by atoms with Crippen molar-refractivity contribution in [3.63, 3.8) is 0 Å². The monoisotopic (exact) mass is 473 g/mol. The summed E-state index contributed by atoms with van der Waals surface area (Å²) in [5, 5.41) is 21.3. The number of rotatable bonds is 5. The van der Waals surface area contributed by atoms with Crippen LogP contribution < -0.4 is 0 Å². The van der Waals surface area contributed by atoms with E-state index >= 15 is 0 Å². The van der Waals surface area contributed by atoms with E-state index in [-0.39, 0.29) is 0 Å². The highest BCUT2D eigenvalue weighted by Gasteiger charge is 2.38. The Balaban J connectivity index is 1.31. The molecule has 5 nitrogen and oxygen atoms in total. The molecule has 1 aliphatic heterocycles. The van der Waals surface area contributed by atoms with E-state index in [4.69, 9.17) is 11.6 Å². The molecule has 4 rings (SSSR count). The number of piperidine rings is 1. The molecule has 6 heteroatoms. The lowest BCUT2D eigenvalue weighted by Gasteiger charge is -2.41. The number of halogens is 1. The molecule has 3 heterocycles. The first-order valence-electron chi connectivity index (χ1n) is 11.4. The first-order valence-corrected chi connectivity index (χ1v) is 11.8. The second kappa shape index (κ2) is 10.9. The van der Waals surface area contributed by atoms with Crippen LogP contribution in [0.15, 0.2) is 67.0 Å². The number of β-amino-alcohol motifs (C(OH)–C–C–N with tert-alkyl or cyclic N) is 1. The third-order valence-electron chi connectivity index (χ3n) is 6.24. The molecule has 0 unspecified atom stereocenters. The Kier molecular flexibility index (Phi) is 7.77. The standard InChI is InChI=1S/C28H28ClN3O2/c1-2-28(34)15-17-32(20-27(28)33)16-3-4-25-12-5-21(18-30-25)6-13-26-14-9-23(19-31-26)22-7-10-24(29)11-8-22/h3-5,7-12,14,18-19,27,33-34H,2,15-17,20H2,1H3/b4-3+/t27-,28+/m1/s1. The van der Waals surface area contributed by atoms with Gasteiger partial charge in [0.2, 0.25) is 0 Å². The van der Waals surface area contributed by atoms with Gasteiger partial charge in [-0.05, 0) is 60.7 Å². The van der Waals surface area contributed by atoms with Gasteiger partial charge in [-0.2, -0.15) is 0 Å². The molecule has 0 spiro atoms. The largest absolute Gasteiger partial charge is 0.389 e. The zero-order valence-electron chi connectivity index (χ0n) is 19.2. The third-order valence-corrected chi connectivity index (χ3v) is 6.49. The van der Waals surface area contributed by atoms with Gasteiger partial charge in [-0.1, -0.05) is 48.7 Å². The van der Waals surface area contributed by atoms with Crippen LogP contribution in [0.3, 0.4) is 0 Å². The van der Waals surface area contributed by atoms with E-state index in [0.29, 0.717) is 36.6 Å². The maximum atomic E-state index is 10.4. The molecule has 1 aromatic carbocycles. The summed E-state index contributed by atoms with van der Waals surface area (Å²) in [6, 6.07) is 15.4. The molecule has 2 N–H and O–H groups in total. The van der Waals surface area contributed by atoms with Gasteiger partial charge < -0.3 is 10.2 Å². The summed E-state index contributed by atoms with van der Waals surface area (Å²) in [6.45, 7) is 3.86. The van der Waals surface area contributed by atoms with Crippen LogP contribution in [0.1, 0.15) is 36.7 Å². The van der Waals surface area contributed by atoms with E-state index in [1.165, 1.54) is 0 Å². The minimum atomic E-state index is -0.951. The molecular formula is C28H28ClN3O2. The Morgan fingerprint density at radius 3 is 2.50 bits per heavy atom. The number of likely N-dealkylation sites (tertiary alicyclic amines) is 1. The number of nitrogens with zero attached hydrogens (tertiary/aromatic N) is 3. The highest BCUT2D eigenvalue weighted by atomic mass is 35.5. The van der Waals surface area contributed by atoms with E-state index < -0.39 is 11.7 Å². The molecule has 0 amide bonds. The van der Waals surface area contributed by atoms with E-state index in [1.807, 2.05) is 73.8 Å². The SMILES string of the molecule is CC[C@]1(O)CCN(C/C=C/c2ccc(C#Cc3ccc(-c4ccc(Cl)cc4)cn3)cn2)C[C@H]1O. The first kappa shape index (κ1) is 24.1. The quantitative estimate of drug-likeness (QED) is 0.537. The minimum Gasteiger partial charge on any atom is -0.389 e. The number of pyridine rings is 2. The van der Waals surface area contributed by atoms with Crippen LogP contribution in [0.2, 0.25) is 5.02 Å². The van der Waals surface area contributed by atoms with Crippen LogP contribution in [0.4, 0.5) is 0 Å². The lowest BCUT2D eigenvalue weighted by molar-refractivity contribution is -0.118. The fourth-order valence-corrected chi connectivity index (χ4v) is 4.05. The molecular weight excluding hydrogens is 446 g/mol. The lowest BCUT2D eigenvalue weighted by Crippen LogP contribution is -2.55. The van der Waals surface area contributed by atoms with Crippen molar-refractivity contribution < 1.29 is 10.2 Å². The van der Waals surface area contributed by atoms with E-state index in [1.54, 1.807) is 6.20 Å². The predicted octanol–water partition coefficient (Wildman–Crippen LogP) is 4.42. The molecule has 3 aromatic rings. The van der Waals surface area contributed by atoms with Crippen LogP contribution in [-0.2, 0) is 0 Å². The molecule has 1 fully saturated rings. The maximum Gasteiger partial charge on any atom is 0.113 e. The van der Waals surface area contributed by atoms with Gasteiger partial charge in [-0.25, -0.2) is 4.98 Å². The van der Waals surface area contributed by atoms with Crippen molar-refractivity contribution in [1.29, 1.82) is 0 Å². The molecule has 0 aliphatic carbocycles. The van der Waals surface area contributed by atoms with Gasteiger partial charge in [-0.3, -0.25) is 9.88 Å². The highest BCUT2D eigenvalue weighted by Crippen LogP contribution is 2.25. The topological polar surface area (TPSA) is 69.5 Å². The summed E-state index contributed by atoms with van der Waals surface area (Å²) in [5.74, 6) is 6.18. The average molecular weight is 474 g/mol. The summed E-state index contributed by atoms with van der Waals surface area (Å²) in [6.07, 6.45) is 8.00. The summed E-state index contributed by atoms with van der Waals surface area (Å²) >= 11 is 5.95. The van der Waals surface area contributed by atoms with Gasteiger partial charge in [0.25, 0.3) is 0 Å². The molecule has 174 valence electrons. The van der Waals surface area contributed by atoms with E-state index in [0.717, 1.165) is 28.9 Å². The summed E-state index contributed by atoms with van der Waals surface area (Å²) in [4.78, 5) is 11.0. The Hall–Kier alpha value is -3.01. The van der Waals surface area contributed by atoms with Crippen molar-refractivity contribution in [3.8, 4) is 23.0 Å². The molecule has 2 atom stereocenters. The van der Waals surface area contributed by atoms with Crippen molar-refractivity contribution >= 4 is 17.7 Å². The molecule has 2 aromatic heterocycles. The maximum absolute atomic E-state index is 10.4. The zero-order chi connectivity index (χ0) is 24.0. The molecule has 34 heavy (non-hydrogen) atoms. The third kappa shape index (κ3) is 6.11. The van der Waals surface area contributed by atoms with Crippen molar-refractivity contribution in [2.45, 2.75) is 31.5 Å². The highest BCUT2D eigenvalue weighted by molar-refractivity contribution is 6.30. The van der Waals surface area contributed by atoms with Crippen LogP contribution in [-0.4, -0.2) is 56.4 Å². The van der Waals surface area contributed by atoms with Gasteiger partial charge in [0.1, 0.15) is 5.69 Å². The van der Waals surface area contributed by atoms with Crippen LogP contribution in [0.5, 0.6) is 0 Å². The fourth-order valence-electron chi connectivity index (χ4n) is 3.92. The summed E-state index contributed by atoms with van der Waals surface area (Å²) < 4.78 is 0. The normalized spacial score (nSPS) is 20.8. The molecule has 1 aliphatic rings. The molecule has 1 saturated heterocycles. The van der Waals surface area contributed by atoms with Gasteiger partial charge in [-0.15, -0.1) is 0 Å². The predicted molar refractivity (Wildman–Crippen MR) is 136 cm³/mol. The van der Waals surface area contributed by atoms with Crippen LogP contribution >= 0.6 is 11.6 Å². The van der Waals surface area contributed by atoms with Gasteiger partial charge in [0, 0.05) is 48.2 Å². The summed E-state index contributed by atoms with van der Waals surface area (Å²) in [7, 11) is 0. The molecule has 0 bridgehead atoms. The number of hydrogen-bond donors (Lipinski definition) is 2. The molecule has 0 radical (unpaired) electrons. The fraction of sp³-hybridized carbons (Fsp3) is 0.286. The molecule has 0 saturated carbocycles. The van der Waals surface area contributed by atoms with Crippen molar-refractivity contribution in [2.24, 2.45) is 0 Å². The van der Waals surface area contributed by atoms with Gasteiger partial charge in [0.15, 0.2) is 0 Å². The minimum absolute atomic E-state index is 0.478. The van der Waals surface area contributed by atoms with Gasteiger partial charge in [0.05, 0.1) is 17.4 Å². The first-order chi connectivity index (χ1) is 16.4. The van der Waals surface area contributed by atoms with Crippen molar-refractivity contribution in [3.05, 3.63) is 89.0 Å². The number of aliphatic hydroxyl groups excluding tert-OH is 1. The van der Waals surface area contributed by atoms with Crippen LogP contribution in [0.25, 0.3) is 17.2 Å². The smallest absolute Gasteiger partial charge is 0.113 e. The number of hydrogen-bond acceptors (Lipinski definition) is 5. The lowest BCUT2D eigenvalue weighted by atomic mass is 9.86. The number of aliphatic hydroxyl groups is 2. The Bertz CT molecular complexity index is 1180. The summed E-state index contributed by atoms with van der Waals surface area (Å²) in [5.41, 5.74) is 3.48. The van der Waals surface area contributed by atoms with Crippen LogP contribution in [0, 0.1) is 11.8 Å². The Morgan fingerprint density at radius 1 is 1.06 bits per heavy atom. The number of benzene rings is 1. The van der Waals surface area contributed by atoms with Gasteiger partial charge >= 0.3 is 0 Å². The zero-order valence-corrected chi connectivity index (χ0v) is 19.9. The second-order valence-electron chi connectivity index (χ2n) is 8.55. The van der Waals surface area contributed by atoms with Crippen molar-refractivity contribution in [1.82, 2.24) is 14.9 Å². The van der Waals surface area contributed by atoms with E-state index in [9.17, 15) is 10.2 Å². The Labute approximate surface area is 205 Å². The second-order valence-corrected chi connectivity index (χ2v) is 8.98. The van der Waals surface area contributed by atoms with Crippen molar-refractivity contribution in [2.75, 3.05) is 19.6 Å².